The second-order valence-corrected chi connectivity index (χ2v) is 3.55. The maximum Gasteiger partial charge on any atom is 0.132 e. The van der Waals surface area contributed by atoms with Crippen molar-refractivity contribution in [2.24, 2.45) is 0 Å². The highest BCUT2D eigenvalue weighted by atomic mass is 19.1. The highest BCUT2D eigenvalue weighted by Gasteiger charge is 2.03. The Morgan fingerprint density at radius 2 is 2.12 bits per heavy atom. The summed E-state index contributed by atoms with van der Waals surface area (Å²) in [6, 6.07) is 6.30. The lowest BCUT2D eigenvalue weighted by molar-refractivity contribution is 0.00398. The summed E-state index contributed by atoms with van der Waals surface area (Å²) in [7, 11) is 0. The van der Waals surface area contributed by atoms with Crippen LogP contribution in [0.1, 0.15) is 18.7 Å². The summed E-state index contributed by atoms with van der Waals surface area (Å²) in [6.45, 7) is 2.39. The Hall–Kier alpha value is -1.68. The summed E-state index contributed by atoms with van der Waals surface area (Å²) in [5.41, 5.74) is 0.952. The third kappa shape index (κ3) is 2.67. The van der Waals surface area contributed by atoms with Crippen LogP contribution in [0.2, 0.25) is 0 Å². The number of ether oxygens (including phenoxy) is 1. The fraction of sp³-hybridized carbons (Fsp3) is 0.250. The molecule has 0 spiro atoms. The summed E-state index contributed by atoms with van der Waals surface area (Å²) < 4.78 is 20.1. The van der Waals surface area contributed by atoms with Gasteiger partial charge in [0.25, 0.3) is 0 Å². The first-order chi connectivity index (χ1) is 7.75. The van der Waals surface area contributed by atoms with Crippen LogP contribution in [0.4, 0.5) is 4.39 Å². The average Bonchev–Trinajstić information content (AvgIpc) is 2.81. The zero-order valence-electron chi connectivity index (χ0n) is 9.01. The average molecular weight is 220 g/mol. The van der Waals surface area contributed by atoms with Crippen molar-refractivity contribution in [2.75, 3.05) is 0 Å². The number of rotatable bonds is 4. The van der Waals surface area contributed by atoms with Gasteiger partial charge in [0.05, 0.1) is 12.9 Å². The number of nitrogens with zero attached hydrogens (tertiary/aromatic N) is 2. The SMILES string of the molecule is CC(OCc1ccc(F)cc1)n1ccnc1. The van der Waals surface area contributed by atoms with Crippen molar-refractivity contribution in [3.05, 3.63) is 54.4 Å². The zero-order chi connectivity index (χ0) is 11.4. The number of hydrogen-bond acceptors (Lipinski definition) is 2. The van der Waals surface area contributed by atoms with Crippen LogP contribution >= 0.6 is 0 Å². The van der Waals surface area contributed by atoms with Crippen LogP contribution < -0.4 is 0 Å². The lowest BCUT2D eigenvalue weighted by Crippen LogP contribution is -2.07. The predicted octanol–water partition coefficient (Wildman–Crippen LogP) is 2.76. The Kier molecular flexibility index (Phi) is 3.31. The first kappa shape index (κ1) is 10.8. The molecule has 0 radical (unpaired) electrons. The number of hydrogen-bond donors (Lipinski definition) is 0. The molecule has 16 heavy (non-hydrogen) atoms. The number of aromatic nitrogens is 2. The van der Waals surface area contributed by atoms with Crippen LogP contribution in [0.15, 0.2) is 43.0 Å². The van der Waals surface area contributed by atoms with E-state index in [0.717, 1.165) is 5.56 Å². The molecule has 0 fully saturated rings. The number of benzene rings is 1. The lowest BCUT2D eigenvalue weighted by atomic mass is 10.2. The quantitative estimate of drug-likeness (QED) is 0.792. The number of imidazole rings is 1. The smallest absolute Gasteiger partial charge is 0.132 e. The van der Waals surface area contributed by atoms with Gasteiger partial charge >= 0.3 is 0 Å². The minimum atomic E-state index is -0.230. The Morgan fingerprint density at radius 3 is 2.75 bits per heavy atom. The molecule has 0 N–H and O–H groups in total. The fourth-order valence-electron chi connectivity index (χ4n) is 1.37. The summed E-state index contributed by atoms with van der Waals surface area (Å²) in [5.74, 6) is -0.230. The second-order valence-electron chi connectivity index (χ2n) is 3.55. The van der Waals surface area contributed by atoms with E-state index in [9.17, 15) is 4.39 Å². The van der Waals surface area contributed by atoms with Gasteiger partial charge in [-0.2, -0.15) is 0 Å². The zero-order valence-corrected chi connectivity index (χ0v) is 9.01. The molecule has 1 atom stereocenters. The van der Waals surface area contributed by atoms with Gasteiger partial charge in [-0.15, -0.1) is 0 Å². The van der Waals surface area contributed by atoms with Crippen molar-refractivity contribution in [3.8, 4) is 0 Å². The molecule has 84 valence electrons. The summed E-state index contributed by atoms with van der Waals surface area (Å²) in [5, 5.41) is 0. The van der Waals surface area contributed by atoms with Gasteiger partial charge in [0, 0.05) is 12.4 Å². The van der Waals surface area contributed by atoms with Crippen LogP contribution in [0.5, 0.6) is 0 Å². The maximum absolute atomic E-state index is 12.7. The van der Waals surface area contributed by atoms with Crippen molar-refractivity contribution in [3.63, 3.8) is 0 Å². The Balaban J connectivity index is 1.90. The maximum atomic E-state index is 12.7. The van der Waals surface area contributed by atoms with Crippen LogP contribution in [0.25, 0.3) is 0 Å². The van der Waals surface area contributed by atoms with E-state index in [4.69, 9.17) is 4.74 Å². The first-order valence-electron chi connectivity index (χ1n) is 5.09. The van der Waals surface area contributed by atoms with Gasteiger partial charge < -0.3 is 9.30 Å². The third-order valence-corrected chi connectivity index (χ3v) is 2.35. The molecule has 4 heteroatoms. The molecule has 0 amide bonds. The Bertz CT molecular complexity index is 425. The van der Waals surface area contributed by atoms with Crippen molar-refractivity contribution < 1.29 is 9.13 Å². The lowest BCUT2D eigenvalue weighted by Gasteiger charge is -2.14. The summed E-state index contributed by atoms with van der Waals surface area (Å²) in [4.78, 5) is 3.94. The van der Waals surface area contributed by atoms with Crippen LogP contribution in [0.3, 0.4) is 0 Å². The summed E-state index contributed by atoms with van der Waals surface area (Å²) >= 11 is 0. The molecule has 2 rings (SSSR count). The highest BCUT2D eigenvalue weighted by molar-refractivity contribution is 5.14. The molecule has 2 aromatic rings. The van der Waals surface area contributed by atoms with Gasteiger partial charge in [-0.25, -0.2) is 9.37 Å². The molecule has 1 aromatic carbocycles. The predicted molar refractivity (Wildman–Crippen MR) is 58.1 cm³/mol. The minimum Gasteiger partial charge on any atom is -0.354 e. The van der Waals surface area contributed by atoms with Gasteiger partial charge in [-0.1, -0.05) is 12.1 Å². The van der Waals surface area contributed by atoms with Crippen molar-refractivity contribution >= 4 is 0 Å². The molecular formula is C12H13FN2O. The Labute approximate surface area is 93.5 Å². The molecule has 0 aliphatic heterocycles. The van der Waals surface area contributed by atoms with Gasteiger partial charge in [0.15, 0.2) is 0 Å². The standard InChI is InChI=1S/C12H13FN2O/c1-10(15-7-6-14-9-15)16-8-11-2-4-12(13)5-3-11/h2-7,9-10H,8H2,1H3. The molecular weight excluding hydrogens is 207 g/mol. The number of halogens is 1. The molecule has 1 unspecified atom stereocenters. The molecule has 0 aliphatic carbocycles. The Morgan fingerprint density at radius 1 is 1.38 bits per heavy atom. The van der Waals surface area contributed by atoms with E-state index in [2.05, 4.69) is 4.98 Å². The van der Waals surface area contributed by atoms with E-state index < -0.39 is 0 Å². The fourth-order valence-corrected chi connectivity index (χ4v) is 1.37. The molecule has 0 bridgehead atoms. The van der Waals surface area contributed by atoms with Crippen molar-refractivity contribution in [1.29, 1.82) is 0 Å². The van der Waals surface area contributed by atoms with Crippen LogP contribution in [0, 0.1) is 5.82 Å². The molecule has 0 saturated heterocycles. The minimum absolute atomic E-state index is 0.0763. The molecule has 1 heterocycles. The first-order valence-corrected chi connectivity index (χ1v) is 5.09. The largest absolute Gasteiger partial charge is 0.354 e. The van der Waals surface area contributed by atoms with E-state index >= 15 is 0 Å². The van der Waals surface area contributed by atoms with E-state index in [1.807, 2.05) is 17.7 Å². The van der Waals surface area contributed by atoms with Gasteiger partial charge in [0.2, 0.25) is 0 Å². The van der Waals surface area contributed by atoms with E-state index in [1.165, 1.54) is 12.1 Å². The normalized spacial score (nSPS) is 12.6. The molecule has 3 nitrogen and oxygen atoms in total. The topological polar surface area (TPSA) is 27.1 Å². The molecule has 0 saturated carbocycles. The van der Waals surface area contributed by atoms with Gasteiger partial charge in [0.1, 0.15) is 12.0 Å². The highest BCUT2D eigenvalue weighted by Crippen LogP contribution is 2.11. The van der Waals surface area contributed by atoms with Gasteiger partial charge in [-0.3, -0.25) is 0 Å². The van der Waals surface area contributed by atoms with Gasteiger partial charge in [-0.05, 0) is 24.6 Å². The molecule has 1 aromatic heterocycles. The van der Waals surface area contributed by atoms with Crippen LogP contribution in [-0.4, -0.2) is 9.55 Å². The van der Waals surface area contributed by atoms with Crippen LogP contribution in [-0.2, 0) is 11.3 Å². The van der Waals surface area contributed by atoms with E-state index in [0.29, 0.717) is 6.61 Å². The van der Waals surface area contributed by atoms with Crippen molar-refractivity contribution in [2.45, 2.75) is 19.8 Å². The van der Waals surface area contributed by atoms with E-state index in [1.54, 1.807) is 24.7 Å². The summed E-state index contributed by atoms with van der Waals surface area (Å²) in [6.07, 6.45) is 5.18. The molecule has 0 aliphatic rings. The third-order valence-electron chi connectivity index (χ3n) is 2.35. The van der Waals surface area contributed by atoms with E-state index in [-0.39, 0.29) is 12.0 Å². The monoisotopic (exact) mass is 220 g/mol. The van der Waals surface area contributed by atoms with Crippen molar-refractivity contribution in [1.82, 2.24) is 9.55 Å². The second kappa shape index (κ2) is 4.90.